The lowest BCUT2D eigenvalue weighted by Gasteiger charge is -2.13. The lowest BCUT2D eigenvalue weighted by atomic mass is 10.1. The second-order valence-corrected chi connectivity index (χ2v) is 4.99. The summed E-state index contributed by atoms with van der Waals surface area (Å²) in [6.45, 7) is 2.40. The summed E-state index contributed by atoms with van der Waals surface area (Å²) in [6.07, 6.45) is 5.95. The molecule has 1 aromatic rings. The Balaban J connectivity index is 1.99. The number of hydrogen-bond donors (Lipinski definition) is 2. The fourth-order valence-electron chi connectivity index (χ4n) is 2.06. The molecule has 1 aliphatic carbocycles. The molecule has 0 radical (unpaired) electrons. The van der Waals surface area contributed by atoms with E-state index < -0.39 is 0 Å². The maximum absolute atomic E-state index is 12.1. The average Bonchev–Trinajstić information content (AvgIpc) is 2.89. The van der Waals surface area contributed by atoms with Gasteiger partial charge in [0.05, 0.1) is 12.2 Å². The molecular weight excluding hydrogens is 280 g/mol. The maximum Gasteiger partial charge on any atom is 0.253 e. The van der Waals surface area contributed by atoms with Gasteiger partial charge in [0, 0.05) is 24.8 Å². The van der Waals surface area contributed by atoms with E-state index in [2.05, 4.69) is 10.3 Å². The van der Waals surface area contributed by atoms with Crippen LogP contribution in [0.2, 0.25) is 5.02 Å². The number of hydrogen-bond acceptors (Lipinski definition) is 4. The first-order chi connectivity index (χ1) is 9.63. The van der Waals surface area contributed by atoms with Crippen molar-refractivity contribution in [1.82, 2.24) is 10.3 Å². The SMILES string of the molecule is CCOc1ncc(C(=O)N[C@@H]2C=C[C@H](CO)C2)cc1Cl. The molecule has 0 saturated carbocycles. The monoisotopic (exact) mass is 296 g/mol. The van der Waals surface area contributed by atoms with Crippen LogP contribution in [0.25, 0.3) is 0 Å². The predicted molar refractivity (Wildman–Crippen MR) is 76.0 cm³/mol. The third-order valence-electron chi connectivity index (χ3n) is 3.07. The highest BCUT2D eigenvalue weighted by atomic mass is 35.5. The Hall–Kier alpha value is -1.59. The van der Waals surface area contributed by atoms with Crippen LogP contribution in [0.5, 0.6) is 5.88 Å². The van der Waals surface area contributed by atoms with Gasteiger partial charge in [-0.25, -0.2) is 4.98 Å². The average molecular weight is 297 g/mol. The Morgan fingerprint density at radius 3 is 3.00 bits per heavy atom. The molecule has 1 heterocycles. The standard InChI is InChI=1S/C14H17ClN2O3/c1-2-20-14-12(15)6-10(7-16-14)13(19)17-11-4-3-9(5-11)8-18/h3-4,6-7,9,11,18H,2,5,8H2,1H3,(H,17,19)/t9-,11+/m0/s1. The summed E-state index contributed by atoms with van der Waals surface area (Å²) in [6, 6.07) is 1.47. The summed E-state index contributed by atoms with van der Waals surface area (Å²) >= 11 is 6.00. The molecule has 0 saturated heterocycles. The number of rotatable bonds is 5. The minimum Gasteiger partial charge on any atom is -0.477 e. The summed E-state index contributed by atoms with van der Waals surface area (Å²) in [7, 11) is 0. The number of pyridine rings is 1. The number of aliphatic hydroxyl groups excluding tert-OH is 1. The van der Waals surface area contributed by atoms with Crippen LogP contribution in [-0.2, 0) is 0 Å². The first-order valence-electron chi connectivity index (χ1n) is 6.52. The summed E-state index contributed by atoms with van der Waals surface area (Å²) < 4.78 is 5.22. The van der Waals surface area contributed by atoms with E-state index in [-0.39, 0.29) is 24.5 Å². The normalized spacial score (nSPS) is 20.9. The van der Waals surface area contributed by atoms with Crippen molar-refractivity contribution in [2.45, 2.75) is 19.4 Å². The van der Waals surface area contributed by atoms with Crippen molar-refractivity contribution in [2.24, 2.45) is 5.92 Å². The molecule has 2 atom stereocenters. The molecule has 2 N–H and O–H groups in total. The molecule has 0 bridgehead atoms. The smallest absolute Gasteiger partial charge is 0.253 e. The van der Waals surface area contributed by atoms with E-state index in [0.29, 0.717) is 29.5 Å². The molecule has 1 amide bonds. The van der Waals surface area contributed by atoms with Gasteiger partial charge < -0.3 is 15.2 Å². The molecule has 1 aromatic heterocycles. The van der Waals surface area contributed by atoms with E-state index in [9.17, 15) is 4.79 Å². The molecule has 2 rings (SSSR count). The quantitative estimate of drug-likeness (QED) is 0.813. The van der Waals surface area contributed by atoms with Gasteiger partial charge >= 0.3 is 0 Å². The number of ether oxygens (including phenoxy) is 1. The van der Waals surface area contributed by atoms with Gasteiger partial charge in [-0.15, -0.1) is 0 Å². The van der Waals surface area contributed by atoms with Gasteiger partial charge in [0.2, 0.25) is 5.88 Å². The van der Waals surface area contributed by atoms with Gasteiger partial charge in [-0.2, -0.15) is 0 Å². The molecule has 1 aliphatic rings. The minimum absolute atomic E-state index is 0.0648. The van der Waals surface area contributed by atoms with Crippen LogP contribution in [0.3, 0.4) is 0 Å². The van der Waals surface area contributed by atoms with E-state index in [0.717, 1.165) is 0 Å². The van der Waals surface area contributed by atoms with Gasteiger partial charge in [-0.1, -0.05) is 23.8 Å². The number of amides is 1. The van der Waals surface area contributed by atoms with Crippen molar-refractivity contribution in [3.05, 3.63) is 35.0 Å². The van der Waals surface area contributed by atoms with Gasteiger partial charge in [-0.05, 0) is 19.4 Å². The molecule has 6 heteroatoms. The van der Waals surface area contributed by atoms with Crippen LogP contribution in [0.15, 0.2) is 24.4 Å². The first kappa shape index (κ1) is 14.8. The highest BCUT2D eigenvalue weighted by Crippen LogP contribution is 2.23. The molecule has 20 heavy (non-hydrogen) atoms. The number of carbonyl (C=O) groups is 1. The highest BCUT2D eigenvalue weighted by Gasteiger charge is 2.20. The summed E-state index contributed by atoms with van der Waals surface area (Å²) in [5.74, 6) is 0.199. The first-order valence-corrected chi connectivity index (χ1v) is 6.90. The zero-order valence-corrected chi connectivity index (χ0v) is 11.9. The van der Waals surface area contributed by atoms with Gasteiger partial charge in [0.25, 0.3) is 5.91 Å². The largest absolute Gasteiger partial charge is 0.477 e. The maximum atomic E-state index is 12.1. The summed E-state index contributed by atoms with van der Waals surface area (Å²) in [5.41, 5.74) is 0.388. The van der Waals surface area contributed by atoms with Crippen LogP contribution in [0, 0.1) is 5.92 Å². The van der Waals surface area contributed by atoms with Crippen molar-refractivity contribution >= 4 is 17.5 Å². The summed E-state index contributed by atoms with van der Waals surface area (Å²) in [5, 5.41) is 12.2. The zero-order valence-electron chi connectivity index (χ0n) is 11.2. The van der Waals surface area contributed by atoms with Crippen LogP contribution in [0.4, 0.5) is 0 Å². The number of nitrogens with zero attached hydrogens (tertiary/aromatic N) is 1. The molecule has 0 fully saturated rings. The van der Waals surface area contributed by atoms with E-state index in [4.69, 9.17) is 21.4 Å². The molecule has 0 spiro atoms. The van der Waals surface area contributed by atoms with Crippen LogP contribution in [0.1, 0.15) is 23.7 Å². The minimum atomic E-state index is -0.240. The zero-order chi connectivity index (χ0) is 14.5. The molecule has 5 nitrogen and oxygen atoms in total. The van der Waals surface area contributed by atoms with Crippen LogP contribution < -0.4 is 10.1 Å². The lowest BCUT2D eigenvalue weighted by Crippen LogP contribution is -2.33. The van der Waals surface area contributed by atoms with E-state index >= 15 is 0 Å². The van der Waals surface area contributed by atoms with Crippen LogP contribution >= 0.6 is 11.6 Å². The Labute approximate surface area is 122 Å². The van der Waals surface area contributed by atoms with Gasteiger partial charge in [0.15, 0.2) is 0 Å². The van der Waals surface area contributed by atoms with Crippen molar-refractivity contribution in [2.75, 3.05) is 13.2 Å². The van der Waals surface area contributed by atoms with Crippen molar-refractivity contribution in [3.63, 3.8) is 0 Å². The lowest BCUT2D eigenvalue weighted by molar-refractivity contribution is 0.0940. The number of aromatic nitrogens is 1. The fourth-order valence-corrected chi connectivity index (χ4v) is 2.28. The third-order valence-corrected chi connectivity index (χ3v) is 3.34. The summed E-state index contributed by atoms with van der Waals surface area (Å²) in [4.78, 5) is 16.1. The van der Waals surface area contributed by atoms with E-state index in [1.165, 1.54) is 12.3 Å². The van der Waals surface area contributed by atoms with E-state index in [1.54, 1.807) is 0 Å². The number of nitrogens with one attached hydrogen (secondary N) is 1. The number of aliphatic hydroxyl groups is 1. The molecule has 0 unspecified atom stereocenters. The number of carbonyl (C=O) groups excluding carboxylic acids is 1. The molecular formula is C14H17ClN2O3. The van der Waals surface area contributed by atoms with Gasteiger partial charge in [-0.3, -0.25) is 4.79 Å². The van der Waals surface area contributed by atoms with Crippen molar-refractivity contribution < 1.29 is 14.6 Å². The third kappa shape index (κ3) is 3.49. The topological polar surface area (TPSA) is 71.5 Å². The molecule has 108 valence electrons. The Kier molecular flexibility index (Phi) is 4.98. The highest BCUT2D eigenvalue weighted by molar-refractivity contribution is 6.32. The Morgan fingerprint density at radius 2 is 2.40 bits per heavy atom. The Bertz CT molecular complexity index is 519. The predicted octanol–water partition coefficient (Wildman–Crippen LogP) is 1.80. The van der Waals surface area contributed by atoms with E-state index in [1.807, 2.05) is 19.1 Å². The Morgan fingerprint density at radius 1 is 1.60 bits per heavy atom. The fraction of sp³-hybridized carbons (Fsp3) is 0.429. The van der Waals surface area contributed by atoms with Gasteiger partial charge in [0.1, 0.15) is 5.02 Å². The van der Waals surface area contributed by atoms with Crippen molar-refractivity contribution in [3.8, 4) is 5.88 Å². The second-order valence-electron chi connectivity index (χ2n) is 4.59. The molecule has 0 aliphatic heterocycles. The van der Waals surface area contributed by atoms with Crippen LogP contribution in [-0.4, -0.2) is 35.3 Å². The molecule has 0 aromatic carbocycles. The van der Waals surface area contributed by atoms with Crippen molar-refractivity contribution in [1.29, 1.82) is 0 Å². The second kappa shape index (κ2) is 6.72. The number of halogens is 1.